The summed E-state index contributed by atoms with van der Waals surface area (Å²) in [5.41, 5.74) is 4.76. The van der Waals surface area contributed by atoms with Crippen molar-refractivity contribution in [2.75, 3.05) is 0 Å². The standard InChI is InChI=1S/C19H13FN2/c20-16-8-4-6-14(12-16)13-5-3-7-15(11-13)19-21-17-9-1-2-10-18(17)22-19/h1-12H,(H,21,22). The molecule has 0 bridgehead atoms. The number of hydrogen-bond donors (Lipinski definition) is 1. The summed E-state index contributed by atoms with van der Waals surface area (Å²) < 4.78 is 13.4. The maximum atomic E-state index is 13.4. The minimum atomic E-state index is -0.230. The molecule has 3 heteroatoms. The van der Waals surface area contributed by atoms with Gasteiger partial charge in [-0.15, -0.1) is 0 Å². The van der Waals surface area contributed by atoms with E-state index in [9.17, 15) is 4.39 Å². The average molecular weight is 288 g/mol. The van der Waals surface area contributed by atoms with Gasteiger partial charge in [0.25, 0.3) is 0 Å². The number of aromatic nitrogens is 2. The molecule has 0 saturated heterocycles. The molecule has 22 heavy (non-hydrogen) atoms. The maximum absolute atomic E-state index is 13.4. The third-order valence-corrected chi connectivity index (χ3v) is 3.68. The Labute approximate surface area is 127 Å². The number of imidazole rings is 1. The van der Waals surface area contributed by atoms with Gasteiger partial charge in [0.15, 0.2) is 0 Å². The minimum absolute atomic E-state index is 0.230. The number of nitrogens with zero attached hydrogens (tertiary/aromatic N) is 1. The first-order chi connectivity index (χ1) is 10.8. The van der Waals surface area contributed by atoms with Crippen LogP contribution in [0.4, 0.5) is 4.39 Å². The number of benzene rings is 3. The van der Waals surface area contributed by atoms with Crippen molar-refractivity contribution in [1.29, 1.82) is 0 Å². The second kappa shape index (κ2) is 5.11. The van der Waals surface area contributed by atoms with Crippen LogP contribution >= 0.6 is 0 Å². The molecule has 4 aromatic rings. The molecular weight excluding hydrogens is 275 g/mol. The molecule has 1 heterocycles. The van der Waals surface area contributed by atoms with Crippen molar-refractivity contribution in [2.24, 2.45) is 0 Å². The second-order valence-electron chi connectivity index (χ2n) is 5.19. The summed E-state index contributed by atoms with van der Waals surface area (Å²) in [6.45, 7) is 0. The number of halogens is 1. The summed E-state index contributed by atoms with van der Waals surface area (Å²) in [5.74, 6) is 0.589. The summed E-state index contributed by atoms with van der Waals surface area (Å²) in [5, 5.41) is 0. The average Bonchev–Trinajstić information content (AvgIpc) is 2.99. The van der Waals surface area contributed by atoms with E-state index in [1.54, 1.807) is 6.07 Å². The van der Waals surface area contributed by atoms with Crippen molar-refractivity contribution in [1.82, 2.24) is 9.97 Å². The fourth-order valence-corrected chi connectivity index (χ4v) is 2.60. The van der Waals surface area contributed by atoms with E-state index in [-0.39, 0.29) is 5.82 Å². The summed E-state index contributed by atoms with van der Waals surface area (Å²) in [6, 6.07) is 22.5. The van der Waals surface area contributed by atoms with Crippen molar-refractivity contribution >= 4 is 11.0 Å². The molecule has 0 atom stereocenters. The molecule has 3 aromatic carbocycles. The number of hydrogen-bond acceptors (Lipinski definition) is 1. The molecule has 1 aromatic heterocycles. The number of nitrogens with one attached hydrogen (secondary N) is 1. The first-order valence-corrected chi connectivity index (χ1v) is 7.11. The van der Waals surface area contributed by atoms with Crippen LogP contribution in [-0.4, -0.2) is 9.97 Å². The lowest BCUT2D eigenvalue weighted by atomic mass is 10.0. The summed E-state index contributed by atoms with van der Waals surface area (Å²) in [4.78, 5) is 7.92. The van der Waals surface area contributed by atoms with Gasteiger partial charge >= 0.3 is 0 Å². The lowest BCUT2D eigenvalue weighted by molar-refractivity contribution is 0.628. The molecule has 2 nitrogen and oxygen atoms in total. The van der Waals surface area contributed by atoms with Crippen molar-refractivity contribution in [2.45, 2.75) is 0 Å². The fourth-order valence-electron chi connectivity index (χ4n) is 2.60. The zero-order chi connectivity index (χ0) is 14.9. The molecule has 0 spiro atoms. The predicted molar refractivity (Wildman–Crippen MR) is 86.9 cm³/mol. The van der Waals surface area contributed by atoms with Crippen molar-refractivity contribution < 1.29 is 4.39 Å². The van der Waals surface area contributed by atoms with Gasteiger partial charge in [0.1, 0.15) is 11.6 Å². The van der Waals surface area contributed by atoms with E-state index in [1.807, 2.05) is 54.6 Å². The zero-order valence-electron chi connectivity index (χ0n) is 11.8. The van der Waals surface area contributed by atoms with E-state index in [0.717, 1.165) is 33.5 Å². The minimum Gasteiger partial charge on any atom is -0.338 e. The van der Waals surface area contributed by atoms with Gasteiger partial charge < -0.3 is 4.98 Å². The topological polar surface area (TPSA) is 28.7 Å². The lowest BCUT2D eigenvalue weighted by Crippen LogP contribution is -1.84. The van der Waals surface area contributed by atoms with Crippen LogP contribution in [0, 0.1) is 5.82 Å². The summed E-state index contributed by atoms with van der Waals surface area (Å²) in [7, 11) is 0. The van der Waals surface area contributed by atoms with E-state index in [2.05, 4.69) is 9.97 Å². The van der Waals surface area contributed by atoms with Crippen molar-refractivity contribution in [3.8, 4) is 22.5 Å². The van der Waals surface area contributed by atoms with Gasteiger partial charge in [0, 0.05) is 5.56 Å². The third-order valence-electron chi connectivity index (χ3n) is 3.68. The summed E-state index contributed by atoms with van der Waals surface area (Å²) in [6.07, 6.45) is 0. The van der Waals surface area contributed by atoms with E-state index in [0.29, 0.717) is 0 Å². The Hall–Kier alpha value is -2.94. The Kier molecular flexibility index (Phi) is 2.97. The Morgan fingerprint density at radius 1 is 0.727 bits per heavy atom. The Bertz CT molecular complexity index is 923. The molecular formula is C19H13FN2. The van der Waals surface area contributed by atoms with Gasteiger partial charge in [-0.1, -0.05) is 42.5 Å². The van der Waals surface area contributed by atoms with E-state index in [1.165, 1.54) is 12.1 Å². The van der Waals surface area contributed by atoms with E-state index >= 15 is 0 Å². The van der Waals surface area contributed by atoms with Crippen LogP contribution in [0.25, 0.3) is 33.5 Å². The first kappa shape index (κ1) is 12.8. The maximum Gasteiger partial charge on any atom is 0.138 e. The van der Waals surface area contributed by atoms with Gasteiger partial charge in [-0.25, -0.2) is 9.37 Å². The van der Waals surface area contributed by atoms with Crippen LogP contribution in [0.15, 0.2) is 72.8 Å². The van der Waals surface area contributed by atoms with Crippen LogP contribution in [-0.2, 0) is 0 Å². The third kappa shape index (κ3) is 2.27. The van der Waals surface area contributed by atoms with Crippen LogP contribution in [0.2, 0.25) is 0 Å². The molecule has 0 saturated carbocycles. The zero-order valence-corrected chi connectivity index (χ0v) is 11.8. The van der Waals surface area contributed by atoms with E-state index < -0.39 is 0 Å². The predicted octanol–water partition coefficient (Wildman–Crippen LogP) is 5.04. The number of rotatable bonds is 2. The largest absolute Gasteiger partial charge is 0.338 e. The van der Waals surface area contributed by atoms with Gasteiger partial charge in [-0.05, 0) is 41.5 Å². The van der Waals surface area contributed by atoms with Gasteiger partial charge in [-0.2, -0.15) is 0 Å². The molecule has 0 aliphatic rings. The van der Waals surface area contributed by atoms with Crippen LogP contribution in [0.1, 0.15) is 0 Å². The Morgan fingerprint density at radius 3 is 2.27 bits per heavy atom. The highest BCUT2D eigenvalue weighted by atomic mass is 19.1. The quantitative estimate of drug-likeness (QED) is 0.550. The Morgan fingerprint density at radius 2 is 1.45 bits per heavy atom. The first-order valence-electron chi connectivity index (χ1n) is 7.11. The fraction of sp³-hybridized carbons (Fsp3) is 0. The van der Waals surface area contributed by atoms with Crippen molar-refractivity contribution in [3.63, 3.8) is 0 Å². The highest BCUT2D eigenvalue weighted by Crippen LogP contribution is 2.26. The van der Waals surface area contributed by atoms with Crippen molar-refractivity contribution in [3.05, 3.63) is 78.6 Å². The molecule has 0 unspecified atom stereocenters. The molecule has 0 radical (unpaired) electrons. The molecule has 0 fully saturated rings. The van der Waals surface area contributed by atoms with Gasteiger partial charge in [0.05, 0.1) is 11.0 Å². The van der Waals surface area contributed by atoms with Crippen LogP contribution in [0.3, 0.4) is 0 Å². The van der Waals surface area contributed by atoms with Crippen LogP contribution < -0.4 is 0 Å². The lowest BCUT2D eigenvalue weighted by Gasteiger charge is -2.04. The second-order valence-corrected chi connectivity index (χ2v) is 5.19. The number of fused-ring (bicyclic) bond motifs is 1. The monoisotopic (exact) mass is 288 g/mol. The van der Waals surface area contributed by atoms with Crippen LogP contribution in [0.5, 0.6) is 0 Å². The summed E-state index contributed by atoms with van der Waals surface area (Å²) >= 11 is 0. The highest BCUT2D eigenvalue weighted by Gasteiger charge is 2.06. The molecule has 0 aliphatic heterocycles. The molecule has 1 N–H and O–H groups in total. The molecule has 0 amide bonds. The number of H-pyrrole nitrogens is 1. The smallest absolute Gasteiger partial charge is 0.138 e. The van der Waals surface area contributed by atoms with Gasteiger partial charge in [-0.3, -0.25) is 0 Å². The number of aromatic amines is 1. The molecule has 0 aliphatic carbocycles. The number of para-hydroxylation sites is 2. The highest BCUT2D eigenvalue weighted by molar-refractivity contribution is 5.80. The van der Waals surface area contributed by atoms with E-state index in [4.69, 9.17) is 0 Å². The molecule has 106 valence electrons. The van der Waals surface area contributed by atoms with Gasteiger partial charge in [0.2, 0.25) is 0 Å². The Balaban J connectivity index is 1.81. The normalized spacial score (nSPS) is 11.0. The molecule has 4 rings (SSSR count). The SMILES string of the molecule is Fc1cccc(-c2cccc(-c3nc4ccccc4[nH]3)c2)c1.